The van der Waals surface area contributed by atoms with Gasteiger partial charge in [0.25, 0.3) is 0 Å². The Hall–Kier alpha value is -1.35. The molecule has 78 valence electrons. The summed E-state index contributed by atoms with van der Waals surface area (Å²) in [6.45, 7) is 0.709. The third-order valence-corrected chi connectivity index (χ3v) is 2.44. The van der Waals surface area contributed by atoms with E-state index in [0.717, 1.165) is 6.42 Å². The van der Waals surface area contributed by atoms with E-state index in [1.165, 1.54) is 0 Å². The van der Waals surface area contributed by atoms with Crippen molar-refractivity contribution < 1.29 is 9.53 Å². The van der Waals surface area contributed by atoms with Gasteiger partial charge in [0.2, 0.25) is 0 Å². The maximum atomic E-state index is 11.6. The van der Waals surface area contributed by atoms with Crippen LogP contribution in [0.15, 0.2) is 29.3 Å². The Labute approximate surface area is 92.7 Å². The van der Waals surface area contributed by atoms with Gasteiger partial charge < -0.3 is 4.74 Å². The number of hydrogen-bond acceptors (Lipinski definition) is 3. The summed E-state index contributed by atoms with van der Waals surface area (Å²) in [7, 11) is 0. The predicted octanol–water partition coefficient (Wildman–Crippen LogP) is 2.34. The van der Waals surface area contributed by atoms with Crippen molar-refractivity contribution in [3.63, 3.8) is 0 Å². The fourth-order valence-corrected chi connectivity index (χ4v) is 1.49. The number of halogens is 1. The average molecular weight is 224 g/mol. The molecule has 4 heteroatoms. The zero-order valence-corrected chi connectivity index (χ0v) is 8.78. The molecular formula is C11H10ClNO2. The number of aliphatic imine (C=N–C) groups is 1. The molecule has 3 nitrogen and oxygen atoms in total. The van der Waals surface area contributed by atoms with Crippen LogP contribution in [0, 0.1) is 5.92 Å². The third kappa shape index (κ3) is 2.57. The highest BCUT2D eigenvalue weighted by atomic mass is 35.5. The number of carbonyl (C=O) groups is 1. The number of esters is 1. The lowest BCUT2D eigenvalue weighted by atomic mass is 10.1. The first-order chi connectivity index (χ1) is 7.25. The van der Waals surface area contributed by atoms with E-state index in [1.54, 1.807) is 30.5 Å². The maximum absolute atomic E-state index is 11.6. The highest BCUT2D eigenvalue weighted by Gasteiger charge is 2.21. The number of benzene rings is 1. The van der Waals surface area contributed by atoms with Crippen molar-refractivity contribution in [2.75, 3.05) is 6.54 Å². The first-order valence-corrected chi connectivity index (χ1v) is 5.11. The number of carbonyl (C=O) groups excluding carboxylic acids is 1. The van der Waals surface area contributed by atoms with E-state index in [2.05, 4.69) is 4.99 Å². The molecule has 0 saturated carbocycles. The molecule has 0 spiro atoms. The standard InChI is InChI=1S/C11H10ClNO2/c12-9-1-3-10(4-2-9)15-11(14)8-5-6-13-7-8/h1-4,7-8H,5-6H2. The van der Waals surface area contributed by atoms with Gasteiger partial charge in [-0.3, -0.25) is 9.79 Å². The van der Waals surface area contributed by atoms with Crippen LogP contribution in [0.4, 0.5) is 0 Å². The van der Waals surface area contributed by atoms with Gasteiger partial charge in [-0.1, -0.05) is 11.6 Å². The summed E-state index contributed by atoms with van der Waals surface area (Å²) in [6, 6.07) is 6.72. The Morgan fingerprint density at radius 2 is 2.13 bits per heavy atom. The molecule has 0 aromatic heterocycles. The zero-order valence-electron chi connectivity index (χ0n) is 8.02. The Bertz CT molecular complexity index is 386. The second-order valence-electron chi connectivity index (χ2n) is 3.33. The molecule has 1 unspecified atom stereocenters. The van der Waals surface area contributed by atoms with Crippen LogP contribution in [0.3, 0.4) is 0 Å². The lowest BCUT2D eigenvalue weighted by Crippen LogP contribution is -2.19. The van der Waals surface area contributed by atoms with Crippen molar-refractivity contribution in [2.45, 2.75) is 6.42 Å². The Morgan fingerprint density at radius 1 is 1.40 bits per heavy atom. The van der Waals surface area contributed by atoms with Crippen LogP contribution in [0.1, 0.15) is 6.42 Å². The maximum Gasteiger partial charge on any atom is 0.319 e. The minimum Gasteiger partial charge on any atom is -0.426 e. The Morgan fingerprint density at radius 3 is 2.73 bits per heavy atom. The minimum atomic E-state index is -0.251. The molecule has 2 rings (SSSR count). The first kappa shape index (κ1) is 10.2. The number of rotatable bonds is 2. The van der Waals surface area contributed by atoms with Crippen molar-refractivity contribution in [3.05, 3.63) is 29.3 Å². The van der Waals surface area contributed by atoms with Crippen molar-refractivity contribution in [2.24, 2.45) is 10.9 Å². The van der Waals surface area contributed by atoms with Crippen molar-refractivity contribution in [1.82, 2.24) is 0 Å². The van der Waals surface area contributed by atoms with Crippen LogP contribution < -0.4 is 4.74 Å². The van der Waals surface area contributed by atoms with Crippen LogP contribution in [-0.4, -0.2) is 18.7 Å². The van der Waals surface area contributed by atoms with E-state index in [9.17, 15) is 4.79 Å². The summed E-state index contributed by atoms with van der Waals surface area (Å²) in [4.78, 5) is 15.5. The lowest BCUT2D eigenvalue weighted by molar-refractivity contribution is -0.136. The molecule has 0 fully saturated rings. The van der Waals surface area contributed by atoms with Crippen LogP contribution >= 0.6 is 11.6 Å². The van der Waals surface area contributed by atoms with Gasteiger partial charge in [-0.05, 0) is 30.7 Å². The van der Waals surface area contributed by atoms with Gasteiger partial charge in [-0.2, -0.15) is 0 Å². The molecule has 1 aromatic carbocycles. The Kier molecular flexibility index (Phi) is 3.02. The van der Waals surface area contributed by atoms with E-state index in [0.29, 0.717) is 17.3 Å². The molecule has 0 radical (unpaired) electrons. The summed E-state index contributed by atoms with van der Waals surface area (Å²) < 4.78 is 5.16. The molecule has 1 aliphatic heterocycles. The number of hydrogen-bond donors (Lipinski definition) is 0. The van der Waals surface area contributed by atoms with Crippen molar-refractivity contribution in [1.29, 1.82) is 0 Å². The lowest BCUT2D eigenvalue weighted by Gasteiger charge is -2.06. The van der Waals surface area contributed by atoms with Gasteiger partial charge >= 0.3 is 5.97 Å². The summed E-state index contributed by atoms with van der Waals surface area (Å²) in [5.74, 6) is 0.0731. The van der Waals surface area contributed by atoms with E-state index < -0.39 is 0 Å². The summed E-state index contributed by atoms with van der Waals surface area (Å²) in [6.07, 6.45) is 2.39. The summed E-state index contributed by atoms with van der Waals surface area (Å²) >= 11 is 5.71. The van der Waals surface area contributed by atoms with Gasteiger partial charge in [-0.15, -0.1) is 0 Å². The smallest absolute Gasteiger partial charge is 0.319 e. The van der Waals surface area contributed by atoms with E-state index in [-0.39, 0.29) is 11.9 Å². The topological polar surface area (TPSA) is 38.7 Å². The minimum absolute atomic E-state index is 0.194. The molecule has 0 amide bonds. The van der Waals surface area contributed by atoms with Crippen molar-refractivity contribution >= 4 is 23.8 Å². The highest BCUT2D eigenvalue weighted by molar-refractivity contribution is 6.30. The molecule has 0 aliphatic carbocycles. The second kappa shape index (κ2) is 4.45. The molecule has 1 aromatic rings. The van der Waals surface area contributed by atoms with E-state index >= 15 is 0 Å². The molecule has 1 heterocycles. The molecule has 1 aliphatic rings. The van der Waals surface area contributed by atoms with Crippen LogP contribution in [0.2, 0.25) is 5.02 Å². The molecule has 0 bridgehead atoms. The molecule has 1 atom stereocenters. The SMILES string of the molecule is O=C(Oc1ccc(Cl)cc1)C1C=NCC1. The zero-order chi connectivity index (χ0) is 10.7. The van der Waals surface area contributed by atoms with E-state index in [4.69, 9.17) is 16.3 Å². The normalized spacial score (nSPS) is 19.1. The number of nitrogens with zero attached hydrogens (tertiary/aromatic N) is 1. The molecule has 0 saturated heterocycles. The van der Waals surface area contributed by atoms with Gasteiger partial charge in [0.15, 0.2) is 0 Å². The fourth-order valence-electron chi connectivity index (χ4n) is 1.36. The average Bonchev–Trinajstić information content (AvgIpc) is 2.74. The highest BCUT2D eigenvalue weighted by Crippen LogP contribution is 2.18. The van der Waals surface area contributed by atoms with Crippen LogP contribution in [0.25, 0.3) is 0 Å². The molecule has 0 N–H and O–H groups in total. The van der Waals surface area contributed by atoms with Crippen LogP contribution in [-0.2, 0) is 4.79 Å². The number of ether oxygens (including phenoxy) is 1. The van der Waals surface area contributed by atoms with E-state index in [1.807, 2.05) is 0 Å². The van der Waals surface area contributed by atoms with Gasteiger partial charge in [0.1, 0.15) is 5.75 Å². The van der Waals surface area contributed by atoms with Gasteiger partial charge in [-0.25, -0.2) is 0 Å². The predicted molar refractivity (Wildman–Crippen MR) is 58.6 cm³/mol. The fraction of sp³-hybridized carbons (Fsp3) is 0.273. The van der Waals surface area contributed by atoms with Crippen molar-refractivity contribution in [3.8, 4) is 5.75 Å². The van der Waals surface area contributed by atoms with Gasteiger partial charge in [0.05, 0.1) is 5.92 Å². The Balaban J connectivity index is 1.99. The quantitative estimate of drug-likeness (QED) is 0.570. The first-order valence-electron chi connectivity index (χ1n) is 4.73. The largest absolute Gasteiger partial charge is 0.426 e. The third-order valence-electron chi connectivity index (χ3n) is 2.19. The monoisotopic (exact) mass is 223 g/mol. The summed E-state index contributed by atoms with van der Waals surface area (Å²) in [5, 5.41) is 0.622. The van der Waals surface area contributed by atoms with Crippen LogP contribution in [0.5, 0.6) is 5.75 Å². The molecule has 15 heavy (non-hydrogen) atoms. The second-order valence-corrected chi connectivity index (χ2v) is 3.76. The molecular weight excluding hydrogens is 214 g/mol. The summed E-state index contributed by atoms with van der Waals surface area (Å²) in [5.41, 5.74) is 0. The van der Waals surface area contributed by atoms with Gasteiger partial charge in [0, 0.05) is 17.8 Å².